The van der Waals surface area contributed by atoms with Gasteiger partial charge in [0, 0.05) is 24.8 Å². The molecule has 8 heteroatoms. The molecule has 0 aromatic heterocycles. The molecule has 0 aliphatic rings. The van der Waals surface area contributed by atoms with Gasteiger partial charge in [0.1, 0.15) is 11.6 Å². The van der Waals surface area contributed by atoms with E-state index in [2.05, 4.69) is 20.9 Å². The summed E-state index contributed by atoms with van der Waals surface area (Å²) < 4.78 is 26.3. The lowest BCUT2D eigenvalue weighted by Gasteiger charge is -2.12. The number of hydrogen-bond donors (Lipinski definition) is 3. The Bertz CT molecular complexity index is 723. The Morgan fingerprint density at radius 1 is 1.04 bits per heavy atom. The average Bonchev–Trinajstić information content (AvgIpc) is 2.58. The Kier molecular flexibility index (Phi) is 8.82. The third-order valence-electron chi connectivity index (χ3n) is 3.17. The molecule has 0 fully saturated rings. The summed E-state index contributed by atoms with van der Waals surface area (Å²) in [6.45, 7) is 0.209. The van der Waals surface area contributed by atoms with Crippen LogP contribution in [0.5, 0.6) is 0 Å². The quantitative estimate of drug-likeness (QED) is 0.366. The Hall–Kier alpha value is -2.23. The van der Waals surface area contributed by atoms with Crippen molar-refractivity contribution in [3.05, 3.63) is 65.7 Å². The molecular formula is C17H19F2IN4O. The number of nitrogens with one attached hydrogen (secondary N) is 3. The smallest absolute Gasteiger partial charge is 0.243 e. The highest BCUT2D eigenvalue weighted by atomic mass is 127. The number of aliphatic imine (C=N–C) groups is 1. The van der Waals surface area contributed by atoms with E-state index in [-0.39, 0.29) is 54.6 Å². The van der Waals surface area contributed by atoms with E-state index in [0.29, 0.717) is 17.2 Å². The molecule has 0 radical (unpaired) electrons. The second kappa shape index (κ2) is 10.6. The fraction of sp³-hybridized carbons (Fsp3) is 0.176. The molecule has 0 bridgehead atoms. The van der Waals surface area contributed by atoms with E-state index in [4.69, 9.17) is 0 Å². The van der Waals surface area contributed by atoms with Gasteiger partial charge >= 0.3 is 0 Å². The van der Waals surface area contributed by atoms with Crippen LogP contribution in [0.15, 0.2) is 53.5 Å². The molecule has 0 spiro atoms. The topological polar surface area (TPSA) is 65.5 Å². The largest absolute Gasteiger partial charge is 0.352 e. The lowest BCUT2D eigenvalue weighted by molar-refractivity contribution is -0.115. The highest BCUT2D eigenvalue weighted by molar-refractivity contribution is 14.0. The maximum absolute atomic E-state index is 13.5. The van der Waals surface area contributed by atoms with Gasteiger partial charge in [-0.1, -0.05) is 18.2 Å². The number of amides is 1. The molecule has 0 aliphatic heterocycles. The first kappa shape index (κ1) is 20.8. The van der Waals surface area contributed by atoms with E-state index in [9.17, 15) is 13.6 Å². The number of rotatable bonds is 5. The van der Waals surface area contributed by atoms with Crippen LogP contribution in [0.3, 0.4) is 0 Å². The molecule has 25 heavy (non-hydrogen) atoms. The van der Waals surface area contributed by atoms with Crippen LogP contribution in [0.1, 0.15) is 5.56 Å². The third kappa shape index (κ3) is 7.04. The molecule has 3 N–H and O–H groups in total. The Labute approximate surface area is 161 Å². The van der Waals surface area contributed by atoms with Crippen LogP contribution in [-0.2, 0) is 11.3 Å². The molecule has 2 aromatic rings. The van der Waals surface area contributed by atoms with E-state index in [1.165, 1.54) is 30.3 Å². The maximum Gasteiger partial charge on any atom is 0.243 e. The normalized spacial score (nSPS) is 10.6. The second-order valence-corrected chi connectivity index (χ2v) is 4.93. The number of nitrogens with zero attached hydrogens (tertiary/aromatic N) is 1. The Morgan fingerprint density at radius 3 is 2.36 bits per heavy atom. The number of guanidine groups is 1. The summed E-state index contributed by atoms with van der Waals surface area (Å²) in [5.41, 5.74) is 0.994. The van der Waals surface area contributed by atoms with Gasteiger partial charge in [-0.05, 0) is 30.3 Å². The van der Waals surface area contributed by atoms with E-state index >= 15 is 0 Å². The molecule has 0 saturated carbocycles. The minimum absolute atomic E-state index is 0. The van der Waals surface area contributed by atoms with Crippen molar-refractivity contribution in [1.29, 1.82) is 0 Å². The number of hydrogen-bond acceptors (Lipinski definition) is 2. The molecule has 0 unspecified atom stereocenters. The SMILES string of the molecule is CN=C(NCC(=O)Nc1ccc(F)cc1)NCc1ccccc1F.I. The van der Waals surface area contributed by atoms with E-state index in [1.54, 1.807) is 25.2 Å². The summed E-state index contributed by atoms with van der Waals surface area (Å²) in [5.74, 6) is -0.624. The monoisotopic (exact) mass is 460 g/mol. The lowest BCUT2D eigenvalue weighted by atomic mass is 10.2. The molecule has 0 heterocycles. The van der Waals surface area contributed by atoms with E-state index < -0.39 is 0 Å². The maximum atomic E-state index is 13.5. The van der Waals surface area contributed by atoms with Gasteiger partial charge in [-0.2, -0.15) is 0 Å². The number of anilines is 1. The van der Waals surface area contributed by atoms with Crippen molar-refractivity contribution in [2.24, 2.45) is 4.99 Å². The predicted molar refractivity (Wildman–Crippen MR) is 105 cm³/mol. The van der Waals surface area contributed by atoms with E-state index in [0.717, 1.165) is 0 Å². The lowest BCUT2D eigenvalue weighted by Crippen LogP contribution is -2.41. The third-order valence-corrected chi connectivity index (χ3v) is 3.17. The summed E-state index contributed by atoms with van der Waals surface area (Å²) in [6, 6.07) is 11.9. The van der Waals surface area contributed by atoms with Crippen molar-refractivity contribution in [2.75, 3.05) is 18.9 Å². The van der Waals surface area contributed by atoms with Crippen LogP contribution in [0.4, 0.5) is 14.5 Å². The standard InChI is InChI=1S/C17H18F2N4O.HI/c1-20-17(21-10-12-4-2-3-5-15(12)19)22-11-16(24)23-14-8-6-13(18)7-9-14;/h2-9H,10-11H2,1H3,(H,23,24)(H2,20,21,22);1H. The minimum Gasteiger partial charge on any atom is -0.352 e. The zero-order valence-electron chi connectivity index (χ0n) is 13.6. The summed E-state index contributed by atoms with van der Waals surface area (Å²) in [6.07, 6.45) is 0. The zero-order valence-corrected chi connectivity index (χ0v) is 15.9. The number of carbonyl (C=O) groups is 1. The second-order valence-electron chi connectivity index (χ2n) is 4.93. The molecular weight excluding hydrogens is 441 g/mol. The summed E-state index contributed by atoms with van der Waals surface area (Å²) in [4.78, 5) is 15.8. The van der Waals surface area contributed by atoms with Crippen molar-refractivity contribution in [3.8, 4) is 0 Å². The van der Waals surface area contributed by atoms with Crippen LogP contribution in [0, 0.1) is 11.6 Å². The molecule has 1 amide bonds. The van der Waals surface area contributed by atoms with Crippen LogP contribution < -0.4 is 16.0 Å². The molecule has 134 valence electrons. The Balaban J connectivity index is 0.00000312. The molecule has 0 saturated heterocycles. The first-order valence-electron chi connectivity index (χ1n) is 7.32. The first-order chi connectivity index (χ1) is 11.6. The fourth-order valence-corrected chi connectivity index (χ4v) is 1.94. The molecule has 5 nitrogen and oxygen atoms in total. The van der Waals surface area contributed by atoms with Gasteiger partial charge in [-0.15, -0.1) is 24.0 Å². The molecule has 0 atom stereocenters. The van der Waals surface area contributed by atoms with Crippen molar-refractivity contribution in [2.45, 2.75) is 6.54 Å². The van der Waals surface area contributed by atoms with Crippen molar-refractivity contribution < 1.29 is 13.6 Å². The first-order valence-corrected chi connectivity index (χ1v) is 7.32. The number of carbonyl (C=O) groups excluding carboxylic acids is 1. The summed E-state index contributed by atoms with van der Waals surface area (Å²) in [5, 5.41) is 8.36. The van der Waals surface area contributed by atoms with Gasteiger partial charge in [0.15, 0.2) is 5.96 Å². The highest BCUT2D eigenvalue weighted by Crippen LogP contribution is 2.07. The van der Waals surface area contributed by atoms with Gasteiger partial charge in [-0.25, -0.2) is 8.78 Å². The van der Waals surface area contributed by atoms with Gasteiger partial charge in [0.2, 0.25) is 5.91 Å². The average molecular weight is 460 g/mol. The van der Waals surface area contributed by atoms with Gasteiger partial charge in [0.05, 0.1) is 6.54 Å². The Morgan fingerprint density at radius 2 is 1.72 bits per heavy atom. The molecule has 0 aliphatic carbocycles. The van der Waals surface area contributed by atoms with Crippen LogP contribution in [0.2, 0.25) is 0 Å². The summed E-state index contributed by atoms with van der Waals surface area (Å²) in [7, 11) is 1.55. The minimum atomic E-state index is -0.371. The fourth-order valence-electron chi connectivity index (χ4n) is 1.94. The molecule has 2 aromatic carbocycles. The predicted octanol–water partition coefficient (Wildman–Crippen LogP) is 2.89. The van der Waals surface area contributed by atoms with Gasteiger partial charge < -0.3 is 16.0 Å². The van der Waals surface area contributed by atoms with E-state index in [1.807, 2.05) is 0 Å². The van der Waals surface area contributed by atoms with Crippen molar-refractivity contribution in [1.82, 2.24) is 10.6 Å². The summed E-state index contributed by atoms with van der Waals surface area (Å²) >= 11 is 0. The van der Waals surface area contributed by atoms with Crippen LogP contribution in [0.25, 0.3) is 0 Å². The highest BCUT2D eigenvalue weighted by Gasteiger charge is 2.06. The number of benzene rings is 2. The van der Waals surface area contributed by atoms with Crippen molar-refractivity contribution >= 4 is 41.5 Å². The van der Waals surface area contributed by atoms with Crippen LogP contribution in [-0.4, -0.2) is 25.5 Å². The van der Waals surface area contributed by atoms with Crippen molar-refractivity contribution in [3.63, 3.8) is 0 Å². The van der Waals surface area contributed by atoms with Gasteiger partial charge in [0.25, 0.3) is 0 Å². The number of halogens is 3. The van der Waals surface area contributed by atoms with Gasteiger partial charge in [-0.3, -0.25) is 9.79 Å². The van der Waals surface area contributed by atoms with Crippen LogP contribution >= 0.6 is 24.0 Å². The zero-order chi connectivity index (χ0) is 17.4. The molecule has 2 rings (SSSR count).